The van der Waals surface area contributed by atoms with Gasteiger partial charge in [0.25, 0.3) is 0 Å². The first kappa shape index (κ1) is 12.6. The third-order valence-corrected chi connectivity index (χ3v) is 3.20. The minimum atomic E-state index is -0.209. The molecule has 0 spiro atoms. The minimum Gasteiger partial charge on any atom is -0.357 e. The van der Waals surface area contributed by atoms with E-state index in [0.717, 1.165) is 10.7 Å². The topological polar surface area (TPSA) is 88.5 Å². The largest absolute Gasteiger partial charge is 0.357 e. The average Bonchev–Trinajstić information content (AvgIpc) is 2.69. The molecule has 0 aromatic carbocycles. The van der Waals surface area contributed by atoms with Crippen LogP contribution in [0.15, 0.2) is 21.0 Å². The van der Waals surface area contributed by atoms with Gasteiger partial charge in [0.2, 0.25) is 5.95 Å². The Labute approximate surface area is 108 Å². The smallest absolute Gasteiger partial charge is 0.343 e. The number of aryl methyl sites for hydroxylation is 1. The molecule has 0 radical (unpaired) electrons. The molecule has 0 atom stereocenters. The molecule has 0 aliphatic rings. The normalized spacial score (nSPS) is 10.6. The van der Waals surface area contributed by atoms with Crippen molar-refractivity contribution in [3.8, 4) is 0 Å². The molecule has 0 unspecified atom stereocenters. The molecule has 2 N–H and O–H groups in total. The van der Waals surface area contributed by atoms with Crippen molar-refractivity contribution < 1.29 is 0 Å². The van der Waals surface area contributed by atoms with Crippen molar-refractivity contribution in [2.24, 2.45) is 0 Å². The van der Waals surface area contributed by atoms with Gasteiger partial charge in [-0.1, -0.05) is 0 Å². The quantitative estimate of drug-likeness (QED) is 0.799. The Hall–Kier alpha value is -1.83. The van der Waals surface area contributed by atoms with Gasteiger partial charge in [-0.25, -0.2) is 19.9 Å². The second kappa shape index (κ2) is 5.21. The summed E-state index contributed by atoms with van der Waals surface area (Å²) in [7, 11) is 1.76. The molecule has 18 heavy (non-hydrogen) atoms. The predicted molar refractivity (Wildman–Crippen MR) is 69.0 cm³/mol. The summed E-state index contributed by atoms with van der Waals surface area (Å²) in [5.74, 6) is 0.554. The van der Waals surface area contributed by atoms with E-state index in [-0.39, 0.29) is 5.69 Å². The highest BCUT2D eigenvalue weighted by Gasteiger charge is 2.10. The molecular weight excluding hydrogens is 252 g/mol. The second-order valence-corrected chi connectivity index (χ2v) is 4.57. The molecule has 2 heterocycles. The van der Waals surface area contributed by atoms with Crippen molar-refractivity contribution in [3.05, 3.63) is 22.2 Å². The molecule has 0 aliphatic carbocycles. The van der Waals surface area contributed by atoms with Crippen molar-refractivity contribution in [3.63, 3.8) is 0 Å². The number of hydrogen-bond donors (Lipinski definition) is 2. The summed E-state index contributed by atoms with van der Waals surface area (Å²) in [6.07, 6.45) is 0. The summed E-state index contributed by atoms with van der Waals surface area (Å²) in [6.45, 7) is 4.36. The molecule has 0 saturated heterocycles. The maximum atomic E-state index is 11.4. The number of rotatable bonds is 4. The fraction of sp³-hybridized carbons (Fsp3) is 0.400. The van der Waals surface area contributed by atoms with Crippen LogP contribution in [0.4, 0.5) is 5.95 Å². The summed E-state index contributed by atoms with van der Waals surface area (Å²) >= 11 is 1.33. The van der Waals surface area contributed by atoms with Gasteiger partial charge >= 0.3 is 5.69 Å². The van der Waals surface area contributed by atoms with Crippen molar-refractivity contribution >= 4 is 17.7 Å². The van der Waals surface area contributed by atoms with Crippen LogP contribution in [0.5, 0.6) is 0 Å². The van der Waals surface area contributed by atoms with Gasteiger partial charge in [0.05, 0.1) is 0 Å². The molecule has 2 rings (SSSR count). The van der Waals surface area contributed by atoms with Crippen LogP contribution >= 0.6 is 11.8 Å². The average molecular weight is 266 g/mol. The zero-order chi connectivity index (χ0) is 13.1. The molecule has 0 bridgehead atoms. The fourth-order valence-corrected chi connectivity index (χ4v) is 2.42. The summed E-state index contributed by atoms with van der Waals surface area (Å²) in [5, 5.41) is 10.6. The van der Waals surface area contributed by atoms with Crippen molar-refractivity contribution in [1.82, 2.24) is 24.7 Å². The van der Waals surface area contributed by atoms with Gasteiger partial charge in [-0.2, -0.15) is 0 Å². The van der Waals surface area contributed by atoms with Crippen LogP contribution in [-0.4, -0.2) is 31.8 Å². The lowest BCUT2D eigenvalue weighted by Crippen LogP contribution is -2.16. The first-order valence-electron chi connectivity index (χ1n) is 5.50. The lowest BCUT2D eigenvalue weighted by Gasteiger charge is -2.04. The SMILES string of the molecule is CCn1c(Sc2cc(C)nc(NC)n2)n[nH]c1=O. The molecular formula is C10H14N6OS. The van der Waals surface area contributed by atoms with Crippen LogP contribution in [0.25, 0.3) is 0 Å². The number of H-pyrrole nitrogens is 1. The van der Waals surface area contributed by atoms with E-state index in [1.165, 1.54) is 11.8 Å². The van der Waals surface area contributed by atoms with Crippen LogP contribution in [0.3, 0.4) is 0 Å². The van der Waals surface area contributed by atoms with Gasteiger partial charge in [0, 0.05) is 19.3 Å². The number of nitrogens with zero attached hydrogens (tertiary/aromatic N) is 4. The summed E-state index contributed by atoms with van der Waals surface area (Å²) in [5.41, 5.74) is 0.650. The Morgan fingerprint density at radius 3 is 2.94 bits per heavy atom. The maximum Gasteiger partial charge on any atom is 0.343 e. The van der Waals surface area contributed by atoms with E-state index in [9.17, 15) is 4.79 Å². The number of aromatic nitrogens is 5. The third kappa shape index (κ3) is 2.53. The van der Waals surface area contributed by atoms with Crippen molar-refractivity contribution in [2.75, 3.05) is 12.4 Å². The first-order chi connectivity index (χ1) is 8.63. The molecule has 0 amide bonds. The fourth-order valence-electron chi connectivity index (χ4n) is 1.46. The number of hydrogen-bond acceptors (Lipinski definition) is 6. The second-order valence-electron chi connectivity index (χ2n) is 3.58. The van der Waals surface area contributed by atoms with Crippen LogP contribution in [0.1, 0.15) is 12.6 Å². The first-order valence-corrected chi connectivity index (χ1v) is 6.32. The molecule has 8 heteroatoms. The standard InChI is InChI=1S/C10H14N6OS/c1-4-16-9(17)14-15-10(16)18-7-5-6(2)12-8(11-3)13-7/h5H,4H2,1-3H3,(H,14,17)(H,11,12,13). The van der Waals surface area contributed by atoms with Gasteiger partial charge in [0.15, 0.2) is 5.16 Å². The lowest BCUT2D eigenvalue weighted by molar-refractivity contribution is 0.660. The molecule has 0 aliphatic heterocycles. The van der Waals surface area contributed by atoms with Gasteiger partial charge in [-0.15, -0.1) is 5.10 Å². The van der Waals surface area contributed by atoms with Crippen LogP contribution < -0.4 is 11.0 Å². The Kier molecular flexibility index (Phi) is 3.66. The molecule has 96 valence electrons. The van der Waals surface area contributed by atoms with E-state index >= 15 is 0 Å². The zero-order valence-electron chi connectivity index (χ0n) is 10.4. The number of aromatic amines is 1. The van der Waals surface area contributed by atoms with Gasteiger partial charge in [-0.05, 0) is 31.7 Å². The monoisotopic (exact) mass is 266 g/mol. The lowest BCUT2D eigenvalue weighted by atomic mass is 10.5. The highest BCUT2D eigenvalue weighted by Crippen LogP contribution is 2.24. The molecule has 2 aromatic heterocycles. The van der Waals surface area contributed by atoms with Crippen molar-refractivity contribution in [1.29, 1.82) is 0 Å². The minimum absolute atomic E-state index is 0.209. The van der Waals surface area contributed by atoms with E-state index in [1.807, 2.05) is 19.9 Å². The molecule has 0 saturated carbocycles. The van der Waals surface area contributed by atoms with Crippen LogP contribution in [0.2, 0.25) is 0 Å². The Bertz CT molecular complexity index is 605. The zero-order valence-corrected chi connectivity index (χ0v) is 11.2. The van der Waals surface area contributed by atoms with Crippen LogP contribution in [-0.2, 0) is 6.54 Å². The third-order valence-electron chi connectivity index (χ3n) is 2.29. The summed E-state index contributed by atoms with van der Waals surface area (Å²) in [6, 6.07) is 1.85. The Morgan fingerprint density at radius 2 is 2.28 bits per heavy atom. The highest BCUT2D eigenvalue weighted by atomic mass is 32.2. The number of nitrogens with one attached hydrogen (secondary N) is 2. The van der Waals surface area contributed by atoms with E-state index < -0.39 is 0 Å². The Balaban J connectivity index is 2.33. The molecule has 7 nitrogen and oxygen atoms in total. The highest BCUT2D eigenvalue weighted by molar-refractivity contribution is 7.99. The van der Waals surface area contributed by atoms with E-state index in [1.54, 1.807) is 11.6 Å². The molecule has 0 fully saturated rings. The van der Waals surface area contributed by atoms with E-state index in [0.29, 0.717) is 17.6 Å². The van der Waals surface area contributed by atoms with E-state index in [4.69, 9.17) is 0 Å². The van der Waals surface area contributed by atoms with E-state index in [2.05, 4.69) is 25.5 Å². The Morgan fingerprint density at radius 1 is 1.50 bits per heavy atom. The summed E-state index contributed by atoms with van der Waals surface area (Å²) in [4.78, 5) is 20.0. The van der Waals surface area contributed by atoms with Gasteiger partial charge in [0.1, 0.15) is 5.03 Å². The number of anilines is 1. The van der Waals surface area contributed by atoms with Gasteiger partial charge < -0.3 is 5.32 Å². The predicted octanol–water partition coefficient (Wildman–Crippen LogP) is 0.883. The molecule has 2 aromatic rings. The maximum absolute atomic E-state index is 11.4. The van der Waals surface area contributed by atoms with Crippen LogP contribution in [0, 0.1) is 6.92 Å². The van der Waals surface area contributed by atoms with Gasteiger partial charge in [-0.3, -0.25) is 4.57 Å². The summed E-state index contributed by atoms with van der Waals surface area (Å²) < 4.78 is 1.56. The van der Waals surface area contributed by atoms with Crippen molar-refractivity contribution in [2.45, 2.75) is 30.6 Å².